The number of thioether (sulfide) groups is 1. The molecule has 1 aromatic carbocycles. The zero-order chi connectivity index (χ0) is 20.2. The number of rotatable bonds is 5. The van der Waals surface area contributed by atoms with E-state index in [0.717, 1.165) is 19.0 Å². The first kappa shape index (κ1) is 19.3. The van der Waals surface area contributed by atoms with Crippen molar-refractivity contribution in [1.29, 1.82) is 0 Å². The molecule has 3 amide bonds. The summed E-state index contributed by atoms with van der Waals surface area (Å²) in [5, 5.41) is 13.8. The Morgan fingerprint density at radius 2 is 1.97 bits per heavy atom. The van der Waals surface area contributed by atoms with Crippen LogP contribution in [0.1, 0.15) is 0 Å². The van der Waals surface area contributed by atoms with E-state index in [1.165, 1.54) is 11.8 Å². The number of anilines is 2. The summed E-state index contributed by atoms with van der Waals surface area (Å²) < 4.78 is 17.6. The average molecular weight is 420 g/mol. The van der Waals surface area contributed by atoms with Crippen LogP contribution in [-0.4, -0.2) is 65.6 Å². The number of hydrogen-bond acceptors (Lipinski definition) is 9. The molecule has 0 atom stereocenters. The fourth-order valence-corrected chi connectivity index (χ4v) is 3.61. The molecule has 1 fully saturated rings. The highest BCUT2D eigenvalue weighted by atomic mass is 32.2. The van der Waals surface area contributed by atoms with Crippen molar-refractivity contribution >= 4 is 35.3 Å². The van der Waals surface area contributed by atoms with E-state index in [0.29, 0.717) is 35.6 Å². The molecule has 1 saturated heterocycles. The van der Waals surface area contributed by atoms with Crippen molar-refractivity contribution in [3.05, 3.63) is 18.2 Å². The van der Waals surface area contributed by atoms with Gasteiger partial charge in [-0.2, -0.15) is 0 Å². The third-order valence-corrected chi connectivity index (χ3v) is 5.34. The highest BCUT2D eigenvalue weighted by Gasteiger charge is 2.20. The number of hydrogen-bond donors (Lipinski definition) is 2. The highest BCUT2D eigenvalue weighted by Crippen LogP contribution is 2.34. The van der Waals surface area contributed by atoms with Gasteiger partial charge in [0.1, 0.15) is 0 Å². The molecule has 154 valence electrons. The molecule has 29 heavy (non-hydrogen) atoms. The number of morpholine rings is 1. The molecule has 1 aromatic heterocycles. The average Bonchev–Trinajstić information content (AvgIpc) is 3.33. The lowest BCUT2D eigenvalue weighted by atomic mass is 10.3. The molecule has 11 nitrogen and oxygen atoms in total. The van der Waals surface area contributed by atoms with Gasteiger partial charge in [0.25, 0.3) is 0 Å². The predicted molar refractivity (Wildman–Crippen MR) is 104 cm³/mol. The first-order valence-corrected chi connectivity index (χ1v) is 9.94. The summed E-state index contributed by atoms with van der Waals surface area (Å²) in [5.74, 6) is 1.48. The van der Waals surface area contributed by atoms with E-state index in [-0.39, 0.29) is 12.5 Å². The number of ether oxygens (including phenoxy) is 3. The molecule has 0 spiro atoms. The molecule has 0 bridgehead atoms. The molecule has 2 aliphatic heterocycles. The summed E-state index contributed by atoms with van der Waals surface area (Å²) in [4.78, 5) is 26.2. The van der Waals surface area contributed by atoms with Crippen LogP contribution >= 0.6 is 11.8 Å². The predicted octanol–water partition coefficient (Wildman–Crippen LogP) is 0.821. The maximum atomic E-state index is 12.1. The minimum Gasteiger partial charge on any atom is -0.454 e. The van der Waals surface area contributed by atoms with Gasteiger partial charge in [-0.05, 0) is 12.1 Å². The van der Waals surface area contributed by atoms with Gasteiger partial charge >= 0.3 is 6.03 Å². The van der Waals surface area contributed by atoms with Crippen LogP contribution in [0, 0.1) is 0 Å². The number of imide groups is 1. The van der Waals surface area contributed by atoms with Gasteiger partial charge in [-0.15, -0.1) is 10.2 Å². The highest BCUT2D eigenvalue weighted by molar-refractivity contribution is 7.99. The van der Waals surface area contributed by atoms with Crippen LogP contribution in [0.25, 0.3) is 0 Å². The molecule has 2 N–H and O–H groups in total. The van der Waals surface area contributed by atoms with E-state index in [9.17, 15) is 9.59 Å². The minimum absolute atomic E-state index is 0.0314. The second-order valence-electron chi connectivity index (χ2n) is 6.30. The Labute approximate surface area is 170 Å². The number of carbonyl (C=O) groups is 2. The van der Waals surface area contributed by atoms with Gasteiger partial charge in [-0.25, -0.2) is 4.79 Å². The molecule has 0 saturated carbocycles. The van der Waals surface area contributed by atoms with Gasteiger partial charge < -0.3 is 24.4 Å². The Kier molecular flexibility index (Phi) is 5.71. The lowest BCUT2D eigenvalue weighted by Gasteiger charge is -2.27. The molecule has 12 heteroatoms. The summed E-state index contributed by atoms with van der Waals surface area (Å²) in [6.07, 6.45) is 0. The van der Waals surface area contributed by atoms with E-state index in [1.807, 2.05) is 11.6 Å². The van der Waals surface area contributed by atoms with Crippen molar-refractivity contribution in [3.8, 4) is 11.5 Å². The third kappa shape index (κ3) is 4.54. The van der Waals surface area contributed by atoms with Crippen LogP contribution in [0.15, 0.2) is 23.4 Å². The lowest BCUT2D eigenvalue weighted by molar-refractivity contribution is -0.117. The number of carbonyl (C=O) groups excluding carboxylic acids is 2. The maximum Gasteiger partial charge on any atom is 0.325 e. The van der Waals surface area contributed by atoms with Gasteiger partial charge in [-0.1, -0.05) is 11.8 Å². The summed E-state index contributed by atoms with van der Waals surface area (Å²) in [7, 11) is 1.84. The van der Waals surface area contributed by atoms with Crippen LogP contribution in [0.4, 0.5) is 16.4 Å². The Morgan fingerprint density at radius 3 is 2.79 bits per heavy atom. The zero-order valence-corrected chi connectivity index (χ0v) is 16.5. The minimum atomic E-state index is -0.624. The quantitative estimate of drug-likeness (QED) is 0.678. The number of benzene rings is 1. The number of urea groups is 1. The van der Waals surface area contributed by atoms with Crippen molar-refractivity contribution < 1.29 is 23.8 Å². The summed E-state index contributed by atoms with van der Waals surface area (Å²) >= 11 is 1.21. The molecule has 0 radical (unpaired) electrons. The van der Waals surface area contributed by atoms with Crippen molar-refractivity contribution in [2.75, 3.05) is 49.1 Å². The van der Waals surface area contributed by atoms with Crippen molar-refractivity contribution in [2.45, 2.75) is 5.16 Å². The number of fused-ring (bicyclic) bond motifs is 1. The Morgan fingerprint density at radius 1 is 1.17 bits per heavy atom. The molecule has 0 unspecified atom stereocenters. The molecule has 2 aromatic rings. The molecule has 4 rings (SSSR count). The van der Waals surface area contributed by atoms with Crippen LogP contribution in [0.3, 0.4) is 0 Å². The molecular weight excluding hydrogens is 400 g/mol. The smallest absolute Gasteiger partial charge is 0.325 e. The first-order valence-electron chi connectivity index (χ1n) is 8.95. The SMILES string of the molecule is Cn1c(SCC(=O)NC(=O)Nc2ccc3c(c2)OCO3)nnc1N1CCOCC1. The number of aromatic nitrogens is 3. The topological polar surface area (TPSA) is 120 Å². The molecule has 2 aliphatic rings. The Balaban J connectivity index is 1.26. The van der Waals surface area contributed by atoms with Crippen LogP contribution in [0.5, 0.6) is 11.5 Å². The van der Waals surface area contributed by atoms with Gasteiger partial charge in [0.15, 0.2) is 16.7 Å². The monoisotopic (exact) mass is 420 g/mol. The van der Waals surface area contributed by atoms with E-state index >= 15 is 0 Å². The second-order valence-corrected chi connectivity index (χ2v) is 7.24. The van der Waals surface area contributed by atoms with Gasteiger partial charge in [0, 0.05) is 31.9 Å². The standard InChI is InChI=1S/C17H20N6O5S/c1-22-16(23-4-6-26-7-5-23)20-21-17(22)29-9-14(24)19-15(25)18-11-2-3-12-13(8-11)28-10-27-12/h2-3,8H,4-7,9-10H2,1H3,(H2,18,19,24,25). The summed E-state index contributed by atoms with van der Waals surface area (Å²) in [5.41, 5.74) is 0.496. The molecule has 3 heterocycles. The number of amides is 3. The van der Waals surface area contributed by atoms with Crippen LogP contribution in [-0.2, 0) is 16.6 Å². The third-order valence-electron chi connectivity index (χ3n) is 4.32. The Hall–Kier alpha value is -2.99. The van der Waals surface area contributed by atoms with E-state index < -0.39 is 11.9 Å². The van der Waals surface area contributed by atoms with E-state index in [4.69, 9.17) is 14.2 Å². The fourth-order valence-electron chi connectivity index (χ4n) is 2.90. The zero-order valence-electron chi connectivity index (χ0n) is 15.7. The molecular formula is C17H20N6O5S. The number of nitrogens with zero attached hydrogens (tertiary/aromatic N) is 4. The fraction of sp³-hybridized carbons (Fsp3) is 0.412. The lowest BCUT2D eigenvalue weighted by Crippen LogP contribution is -2.37. The maximum absolute atomic E-state index is 12.1. The summed E-state index contributed by atoms with van der Waals surface area (Å²) in [6, 6.07) is 4.37. The summed E-state index contributed by atoms with van der Waals surface area (Å²) in [6.45, 7) is 2.94. The Bertz CT molecular complexity index is 914. The normalized spacial score (nSPS) is 15.3. The largest absolute Gasteiger partial charge is 0.454 e. The van der Waals surface area contributed by atoms with E-state index in [2.05, 4.69) is 25.7 Å². The van der Waals surface area contributed by atoms with Gasteiger partial charge in [0.2, 0.25) is 18.6 Å². The van der Waals surface area contributed by atoms with Crippen molar-refractivity contribution in [1.82, 2.24) is 20.1 Å². The van der Waals surface area contributed by atoms with Crippen LogP contribution in [0.2, 0.25) is 0 Å². The van der Waals surface area contributed by atoms with Gasteiger partial charge in [-0.3, -0.25) is 14.7 Å². The molecule has 0 aliphatic carbocycles. The van der Waals surface area contributed by atoms with E-state index in [1.54, 1.807) is 18.2 Å². The second kappa shape index (κ2) is 8.57. The first-order chi connectivity index (χ1) is 14.1. The van der Waals surface area contributed by atoms with Gasteiger partial charge in [0.05, 0.1) is 19.0 Å². The number of nitrogens with one attached hydrogen (secondary N) is 2. The van der Waals surface area contributed by atoms with Crippen molar-refractivity contribution in [3.63, 3.8) is 0 Å². The van der Waals surface area contributed by atoms with Crippen LogP contribution < -0.4 is 25.0 Å². The van der Waals surface area contributed by atoms with Crippen molar-refractivity contribution in [2.24, 2.45) is 7.05 Å².